The number of benzene rings is 2. The predicted molar refractivity (Wildman–Crippen MR) is 84.2 cm³/mol. The molecule has 3 nitrogen and oxygen atoms in total. The number of nitriles is 1. The second kappa shape index (κ2) is 6.65. The normalized spacial score (nSPS) is 9.90. The Morgan fingerprint density at radius 2 is 2.10 bits per heavy atom. The Labute approximate surface area is 131 Å². The van der Waals surface area contributed by atoms with Gasteiger partial charge in [-0.05, 0) is 35.9 Å². The molecule has 0 atom stereocenters. The number of nitrogens with one attached hydrogen (secondary N) is 1. The monoisotopic (exact) mass is 350 g/mol. The van der Waals surface area contributed by atoms with Gasteiger partial charge in [-0.3, -0.25) is 0 Å². The van der Waals surface area contributed by atoms with Crippen molar-refractivity contribution in [1.82, 2.24) is 0 Å². The summed E-state index contributed by atoms with van der Waals surface area (Å²) in [6, 6.07) is 13.2. The largest absolute Gasteiger partial charge is 0.495 e. The van der Waals surface area contributed by atoms with E-state index < -0.39 is 0 Å². The maximum absolute atomic E-state index is 8.95. The first-order chi connectivity index (χ1) is 9.63. The molecule has 0 aliphatic carbocycles. The summed E-state index contributed by atoms with van der Waals surface area (Å²) in [5.74, 6) is 0.576. The highest BCUT2D eigenvalue weighted by atomic mass is 79.9. The number of ether oxygens (including phenoxy) is 1. The van der Waals surface area contributed by atoms with Crippen LogP contribution in [-0.2, 0) is 6.54 Å². The third-order valence-electron chi connectivity index (χ3n) is 2.80. The first-order valence-electron chi connectivity index (χ1n) is 5.90. The second-order valence-corrected chi connectivity index (χ2v) is 5.45. The van der Waals surface area contributed by atoms with Crippen molar-refractivity contribution < 1.29 is 4.74 Å². The summed E-state index contributed by atoms with van der Waals surface area (Å²) < 4.78 is 6.15. The molecule has 0 bridgehead atoms. The molecular weight excluding hydrogens is 340 g/mol. The fourth-order valence-corrected chi connectivity index (χ4v) is 2.31. The van der Waals surface area contributed by atoms with Crippen molar-refractivity contribution >= 4 is 33.2 Å². The van der Waals surface area contributed by atoms with Crippen LogP contribution in [0.15, 0.2) is 40.9 Å². The van der Waals surface area contributed by atoms with Crippen LogP contribution in [0.2, 0.25) is 5.02 Å². The predicted octanol–water partition coefficient (Wildman–Crippen LogP) is 4.59. The van der Waals surface area contributed by atoms with Crippen molar-refractivity contribution in [3.8, 4) is 11.8 Å². The minimum absolute atomic E-state index is 0.525. The highest BCUT2D eigenvalue weighted by Gasteiger charge is 2.05. The van der Waals surface area contributed by atoms with Gasteiger partial charge in [0.2, 0.25) is 0 Å². The van der Waals surface area contributed by atoms with E-state index in [2.05, 4.69) is 27.3 Å². The second-order valence-electron chi connectivity index (χ2n) is 4.12. The van der Waals surface area contributed by atoms with Gasteiger partial charge in [-0.1, -0.05) is 33.6 Å². The third-order valence-corrected chi connectivity index (χ3v) is 3.62. The summed E-state index contributed by atoms with van der Waals surface area (Å²) in [5, 5.41) is 12.9. The van der Waals surface area contributed by atoms with Crippen LogP contribution in [0.3, 0.4) is 0 Å². The van der Waals surface area contributed by atoms with Crippen molar-refractivity contribution in [2.45, 2.75) is 6.54 Å². The number of halogens is 2. The Morgan fingerprint density at radius 1 is 1.30 bits per heavy atom. The lowest BCUT2D eigenvalue weighted by Gasteiger charge is -2.10. The quantitative estimate of drug-likeness (QED) is 0.876. The third kappa shape index (κ3) is 3.44. The van der Waals surface area contributed by atoms with E-state index in [1.54, 1.807) is 13.2 Å². The van der Waals surface area contributed by atoms with Gasteiger partial charge >= 0.3 is 0 Å². The molecule has 2 aromatic rings. The molecule has 0 unspecified atom stereocenters. The maximum Gasteiger partial charge on any atom is 0.136 e. The molecule has 0 aliphatic rings. The van der Waals surface area contributed by atoms with Crippen molar-refractivity contribution in [3.05, 3.63) is 57.0 Å². The van der Waals surface area contributed by atoms with E-state index in [0.717, 1.165) is 15.7 Å². The lowest BCUT2D eigenvalue weighted by molar-refractivity contribution is 0.413. The van der Waals surface area contributed by atoms with Gasteiger partial charge in [0.1, 0.15) is 11.8 Å². The summed E-state index contributed by atoms with van der Waals surface area (Å²) in [6.07, 6.45) is 0. The van der Waals surface area contributed by atoms with Gasteiger partial charge in [-0.25, -0.2) is 0 Å². The van der Waals surface area contributed by atoms with Crippen LogP contribution in [0.1, 0.15) is 11.1 Å². The van der Waals surface area contributed by atoms with E-state index in [0.29, 0.717) is 22.9 Å². The Kier molecular flexibility index (Phi) is 4.89. The summed E-state index contributed by atoms with van der Waals surface area (Å²) in [4.78, 5) is 0. The summed E-state index contributed by atoms with van der Waals surface area (Å²) in [5.41, 5.74) is 2.39. The van der Waals surface area contributed by atoms with E-state index in [1.165, 1.54) is 0 Å². The molecule has 102 valence electrons. The Balaban J connectivity index is 2.15. The molecule has 0 fully saturated rings. The van der Waals surface area contributed by atoms with Gasteiger partial charge in [0, 0.05) is 11.0 Å². The van der Waals surface area contributed by atoms with Gasteiger partial charge in [0.15, 0.2) is 0 Å². The van der Waals surface area contributed by atoms with E-state index in [1.807, 2.05) is 30.3 Å². The number of hydrogen-bond acceptors (Lipinski definition) is 3. The number of hydrogen-bond donors (Lipinski definition) is 1. The minimum atomic E-state index is 0.525. The number of nitrogens with zero attached hydrogens (tertiary/aromatic N) is 1. The van der Waals surface area contributed by atoms with Crippen LogP contribution in [-0.4, -0.2) is 7.11 Å². The standard InChI is InChI=1S/C15H12BrClN2O/c1-20-15-6-10(2-3-11(15)8-18)9-19-14-7-12(16)4-5-13(14)17/h2-7,19H,9H2,1H3. The molecule has 0 heterocycles. The van der Waals surface area contributed by atoms with Gasteiger partial charge in [0.25, 0.3) is 0 Å². The van der Waals surface area contributed by atoms with Crippen molar-refractivity contribution in [3.63, 3.8) is 0 Å². The summed E-state index contributed by atoms with van der Waals surface area (Å²) in [7, 11) is 1.55. The molecule has 2 rings (SSSR count). The Bertz CT molecular complexity index is 667. The van der Waals surface area contributed by atoms with Crippen LogP contribution in [0.25, 0.3) is 0 Å². The number of rotatable bonds is 4. The lowest BCUT2D eigenvalue weighted by Crippen LogP contribution is -2.01. The molecule has 20 heavy (non-hydrogen) atoms. The summed E-state index contributed by atoms with van der Waals surface area (Å²) >= 11 is 9.53. The maximum atomic E-state index is 8.95. The Hall–Kier alpha value is -1.70. The fraction of sp³-hybridized carbons (Fsp3) is 0.133. The first-order valence-corrected chi connectivity index (χ1v) is 7.07. The average Bonchev–Trinajstić information content (AvgIpc) is 2.47. The highest BCUT2D eigenvalue weighted by molar-refractivity contribution is 9.10. The zero-order valence-electron chi connectivity index (χ0n) is 10.8. The topological polar surface area (TPSA) is 45.0 Å². The molecule has 0 saturated carbocycles. The van der Waals surface area contributed by atoms with Crippen molar-refractivity contribution in [1.29, 1.82) is 5.26 Å². The molecule has 0 saturated heterocycles. The van der Waals surface area contributed by atoms with Gasteiger partial charge < -0.3 is 10.1 Å². The van der Waals surface area contributed by atoms with Crippen molar-refractivity contribution in [2.75, 3.05) is 12.4 Å². The van der Waals surface area contributed by atoms with Crippen LogP contribution in [0, 0.1) is 11.3 Å². The van der Waals surface area contributed by atoms with Crippen molar-refractivity contribution in [2.24, 2.45) is 0 Å². The first kappa shape index (κ1) is 14.7. The molecule has 5 heteroatoms. The SMILES string of the molecule is COc1cc(CNc2cc(Br)ccc2Cl)ccc1C#N. The van der Waals surface area contributed by atoms with E-state index in [-0.39, 0.29) is 0 Å². The highest BCUT2D eigenvalue weighted by Crippen LogP contribution is 2.27. The van der Waals surface area contributed by atoms with Crippen LogP contribution in [0.4, 0.5) is 5.69 Å². The zero-order chi connectivity index (χ0) is 14.5. The zero-order valence-corrected chi connectivity index (χ0v) is 13.1. The molecule has 0 aromatic heterocycles. The minimum Gasteiger partial charge on any atom is -0.495 e. The molecule has 0 radical (unpaired) electrons. The van der Waals surface area contributed by atoms with E-state index in [4.69, 9.17) is 21.6 Å². The number of anilines is 1. The Morgan fingerprint density at radius 3 is 2.80 bits per heavy atom. The molecule has 0 amide bonds. The molecular formula is C15H12BrClN2O. The molecule has 0 spiro atoms. The molecule has 0 aliphatic heterocycles. The van der Waals surface area contributed by atoms with Crippen LogP contribution >= 0.6 is 27.5 Å². The smallest absolute Gasteiger partial charge is 0.136 e. The summed E-state index contributed by atoms with van der Waals surface area (Å²) in [6.45, 7) is 0.595. The van der Waals surface area contributed by atoms with Gasteiger partial charge in [0.05, 0.1) is 23.4 Å². The van der Waals surface area contributed by atoms with Crippen LogP contribution in [0.5, 0.6) is 5.75 Å². The fourth-order valence-electron chi connectivity index (χ4n) is 1.77. The average molecular weight is 352 g/mol. The number of methoxy groups -OCH3 is 1. The lowest BCUT2D eigenvalue weighted by atomic mass is 10.1. The van der Waals surface area contributed by atoms with Gasteiger partial charge in [-0.15, -0.1) is 0 Å². The van der Waals surface area contributed by atoms with Gasteiger partial charge in [-0.2, -0.15) is 5.26 Å². The molecule has 1 N–H and O–H groups in total. The van der Waals surface area contributed by atoms with E-state index >= 15 is 0 Å². The van der Waals surface area contributed by atoms with E-state index in [9.17, 15) is 0 Å². The molecule has 2 aromatic carbocycles. The van der Waals surface area contributed by atoms with Crippen LogP contribution < -0.4 is 10.1 Å².